The van der Waals surface area contributed by atoms with Crippen LogP contribution in [0.3, 0.4) is 0 Å². The van der Waals surface area contributed by atoms with E-state index in [1.165, 1.54) is 23.5 Å². The number of pyridine rings is 2. The van der Waals surface area contributed by atoms with Gasteiger partial charge in [0, 0.05) is 65.2 Å². The van der Waals surface area contributed by atoms with E-state index in [-0.39, 0.29) is 35.3 Å². The van der Waals surface area contributed by atoms with E-state index in [1.54, 1.807) is 36.9 Å². The van der Waals surface area contributed by atoms with Crippen LogP contribution in [0.4, 0.5) is 8.78 Å². The fourth-order valence-corrected chi connectivity index (χ4v) is 7.21. The molecule has 1 aromatic carbocycles. The highest BCUT2D eigenvalue weighted by Gasteiger charge is 2.31. The highest BCUT2D eigenvalue weighted by molar-refractivity contribution is 7.18. The number of aromatic nitrogens is 4. The van der Waals surface area contributed by atoms with Crippen molar-refractivity contribution in [2.24, 2.45) is 0 Å². The number of carbonyl (C=O) groups is 2. The Hall–Kier alpha value is -4.97. The predicted octanol–water partition coefficient (Wildman–Crippen LogP) is 6.63. The third-order valence-electron chi connectivity index (χ3n) is 8.23. The molecule has 6 heterocycles. The topological polar surface area (TPSA) is 93.5 Å². The predicted molar refractivity (Wildman–Crippen MR) is 171 cm³/mol. The first kappa shape index (κ1) is 29.7. The molecule has 2 amide bonds. The van der Waals surface area contributed by atoms with E-state index in [2.05, 4.69) is 11.6 Å². The Morgan fingerprint density at radius 3 is 2.70 bits per heavy atom. The second-order valence-corrected chi connectivity index (χ2v) is 12.8. The second kappa shape index (κ2) is 11.1. The molecule has 9 nitrogen and oxygen atoms in total. The van der Waals surface area contributed by atoms with Gasteiger partial charge in [-0.3, -0.25) is 19.3 Å². The Morgan fingerprint density at radius 2 is 1.93 bits per heavy atom. The van der Waals surface area contributed by atoms with Crippen LogP contribution >= 0.6 is 11.3 Å². The van der Waals surface area contributed by atoms with Gasteiger partial charge in [0.1, 0.15) is 34.5 Å². The van der Waals surface area contributed by atoms with Crippen LogP contribution in [0.1, 0.15) is 48.6 Å². The molecule has 1 atom stereocenters. The van der Waals surface area contributed by atoms with Crippen molar-refractivity contribution in [3.05, 3.63) is 83.1 Å². The van der Waals surface area contributed by atoms with E-state index in [9.17, 15) is 14.0 Å². The van der Waals surface area contributed by atoms with E-state index < -0.39 is 11.6 Å². The number of hydrogen-bond acceptors (Lipinski definition) is 7. The van der Waals surface area contributed by atoms with Crippen LogP contribution in [0.25, 0.3) is 43.9 Å². The second-order valence-electron chi connectivity index (χ2n) is 11.9. The van der Waals surface area contributed by atoms with Crippen molar-refractivity contribution in [1.82, 2.24) is 29.5 Å². The number of thiophene rings is 1. The molecule has 0 bridgehead atoms. The molecular formula is C34H30F2N6O3S. The van der Waals surface area contributed by atoms with Crippen molar-refractivity contribution < 1.29 is 23.1 Å². The minimum atomic E-state index is -0.790. The number of hydrogen-bond donors (Lipinski definition) is 0. The fraction of sp³-hybridized carbons (Fsp3) is 0.265. The van der Waals surface area contributed by atoms with Crippen LogP contribution in [-0.4, -0.2) is 61.1 Å². The fourth-order valence-electron chi connectivity index (χ4n) is 6.26. The van der Waals surface area contributed by atoms with Gasteiger partial charge >= 0.3 is 0 Å². The molecule has 7 rings (SSSR count). The molecule has 12 heteroatoms. The van der Waals surface area contributed by atoms with E-state index in [0.717, 1.165) is 22.7 Å². The van der Waals surface area contributed by atoms with Crippen molar-refractivity contribution in [2.45, 2.75) is 46.0 Å². The average Bonchev–Trinajstić information content (AvgIpc) is 3.73. The zero-order valence-electron chi connectivity index (χ0n) is 25.7. The van der Waals surface area contributed by atoms with Gasteiger partial charge in [-0.05, 0) is 50.4 Å². The Labute approximate surface area is 267 Å². The first-order valence-corrected chi connectivity index (χ1v) is 15.7. The number of nitrogens with zero attached hydrogens (tertiary/aromatic N) is 6. The first-order valence-electron chi connectivity index (χ1n) is 14.9. The molecule has 4 aromatic heterocycles. The lowest BCUT2D eigenvalue weighted by Crippen LogP contribution is -2.39. The quantitative estimate of drug-likeness (QED) is 0.194. The average molecular weight is 641 g/mol. The normalized spacial score (nSPS) is 15.9. The molecule has 46 heavy (non-hydrogen) atoms. The third-order valence-corrected chi connectivity index (χ3v) is 9.17. The molecule has 0 aliphatic carbocycles. The minimum Gasteiger partial charge on any atom is -0.490 e. The maximum absolute atomic E-state index is 16.0. The molecule has 0 fully saturated rings. The summed E-state index contributed by atoms with van der Waals surface area (Å²) in [5.41, 5.74) is 4.59. The molecule has 2 aliphatic rings. The Balaban J connectivity index is 1.51. The lowest BCUT2D eigenvalue weighted by molar-refractivity contribution is -0.127. The summed E-state index contributed by atoms with van der Waals surface area (Å²) < 4.78 is 39.2. The van der Waals surface area contributed by atoms with Gasteiger partial charge in [0.05, 0.1) is 35.6 Å². The molecule has 1 unspecified atom stereocenters. The summed E-state index contributed by atoms with van der Waals surface area (Å²) in [5, 5.41) is 7.57. The van der Waals surface area contributed by atoms with Gasteiger partial charge in [-0.2, -0.15) is 5.10 Å². The van der Waals surface area contributed by atoms with Crippen LogP contribution in [0.15, 0.2) is 54.6 Å². The van der Waals surface area contributed by atoms with Crippen LogP contribution in [0.2, 0.25) is 0 Å². The van der Waals surface area contributed by atoms with Crippen molar-refractivity contribution in [3.8, 4) is 39.5 Å². The number of benzene rings is 1. The van der Waals surface area contributed by atoms with Crippen LogP contribution in [0, 0.1) is 11.6 Å². The van der Waals surface area contributed by atoms with E-state index in [1.807, 2.05) is 35.2 Å². The van der Waals surface area contributed by atoms with Gasteiger partial charge in [-0.1, -0.05) is 6.58 Å². The Kier molecular flexibility index (Phi) is 7.19. The summed E-state index contributed by atoms with van der Waals surface area (Å²) in [5.74, 6) is -1.82. The number of ether oxygens (including phenoxy) is 1. The number of halogens is 2. The third kappa shape index (κ3) is 4.84. The largest absolute Gasteiger partial charge is 0.490 e. The molecule has 0 saturated heterocycles. The zero-order chi connectivity index (χ0) is 32.4. The standard InChI is InChI=1S/C34H30F2N6O3S/c1-6-27(43)41-14-18(4)42-22(16-41)12-25(39-42)32-29(28-24(36)10-21(35)11-26(28)45-17(2)3)33-23(7-8-46-33)30(38-32)19-9-20-15-40(5)34(44)31(20)37-13-19/h6-13,17-18H,1,14-16H2,2-5H3. The molecular weight excluding hydrogens is 610 g/mol. The first-order chi connectivity index (χ1) is 22.0. The highest BCUT2D eigenvalue weighted by Crippen LogP contribution is 2.47. The summed E-state index contributed by atoms with van der Waals surface area (Å²) in [4.78, 5) is 38.0. The molecule has 0 radical (unpaired) electrons. The Bertz CT molecular complexity index is 2090. The SMILES string of the molecule is C=CC(=O)N1Cc2cc(-c3nc(-c4cnc5c(c4)CN(C)C5=O)c4ccsc4c3-c3c(F)cc(F)cc3OC(C)C)nn2C(C)C1. The van der Waals surface area contributed by atoms with E-state index >= 15 is 4.39 Å². The molecule has 0 saturated carbocycles. The maximum Gasteiger partial charge on any atom is 0.272 e. The van der Waals surface area contributed by atoms with Gasteiger partial charge in [0.25, 0.3) is 5.91 Å². The minimum absolute atomic E-state index is 0.0545. The smallest absolute Gasteiger partial charge is 0.272 e. The maximum atomic E-state index is 16.0. The van der Waals surface area contributed by atoms with Gasteiger partial charge in [-0.15, -0.1) is 11.3 Å². The van der Waals surface area contributed by atoms with Crippen molar-refractivity contribution in [3.63, 3.8) is 0 Å². The van der Waals surface area contributed by atoms with E-state index in [0.29, 0.717) is 58.2 Å². The monoisotopic (exact) mass is 640 g/mol. The van der Waals surface area contributed by atoms with Gasteiger partial charge in [0.15, 0.2) is 0 Å². The molecule has 0 N–H and O–H groups in total. The number of rotatable bonds is 6. The zero-order valence-corrected chi connectivity index (χ0v) is 26.5. The molecule has 2 aliphatic heterocycles. The van der Waals surface area contributed by atoms with Crippen LogP contribution in [-0.2, 0) is 17.9 Å². The van der Waals surface area contributed by atoms with Gasteiger partial charge < -0.3 is 14.5 Å². The molecule has 0 spiro atoms. The van der Waals surface area contributed by atoms with E-state index in [4.69, 9.17) is 14.8 Å². The van der Waals surface area contributed by atoms with Gasteiger partial charge in [-0.25, -0.2) is 13.8 Å². The van der Waals surface area contributed by atoms with Crippen molar-refractivity contribution in [1.29, 1.82) is 0 Å². The highest BCUT2D eigenvalue weighted by atomic mass is 32.1. The molecule has 234 valence electrons. The number of amides is 2. The van der Waals surface area contributed by atoms with Crippen molar-refractivity contribution >= 4 is 33.2 Å². The summed E-state index contributed by atoms with van der Waals surface area (Å²) in [7, 11) is 1.73. The van der Waals surface area contributed by atoms with Crippen molar-refractivity contribution in [2.75, 3.05) is 13.6 Å². The molecule has 5 aromatic rings. The van der Waals surface area contributed by atoms with Crippen LogP contribution in [0.5, 0.6) is 5.75 Å². The summed E-state index contributed by atoms with van der Waals surface area (Å²) in [6.45, 7) is 10.4. The lowest BCUT2D eigenvalue weighted by atomic mass is 9.96. The lowest BCUT2D eigenvalue weighted by Gasteiger charge is -2.31. The summed E-state index contributed by atoms with van der Waals surface area (Å²) >= 11 is 1.40. The summed E-state index contributed by atoms with van der Waals surface area (Å²) in [6.07, 6.45) is 2.56. The van der Waals surface area contributed by atoms with Crippen LogP contribution < -0.4 is 4.74 Å². The number of carbonyl (C=O) groups excluding carboxylic acids is 2. The summed E-state index contributed by atoms with van der Waals surface area (Å²) in [6, 6.07) is 7.56. The Morgan fingerprint density at radius 1 is 1.13 bits per heavy atom. The van der Waals surface area contributed by atoms with Gasteiger partial charge in [0.2, 0.25) is 5.91 Å². The number of fused-ring (bicyclic) bond motifs is 3.